The number of hydrogen-bond donors (Lipinski definition) is 1. The summed E-state index contributed by atoms with van der Waals surface area (Å²) in [5.41, 5.74) is 1.20. The van der Waals surface area contributed by atoms with E-state index in [1.165, 1.54) is 0 Å². The first-order valence-electron chi connectivity index (χ1n) is 11.2. The fourth-order valence-electron chi connectivity index (χ4n) is 4.20. The molecule has 0 aliphatic carbocycles. The zero-order valence-electron chi connectivity index (χ0n) is 18.8. The number of rotatable bonds is 8. The van der Waals surface area contributed by atoms with Crippen molar-refractivity contribution >= 4 is 29.1 Å². The fraction of sp³-hybridized carbons (Fsp3) is 0.308. The maximum absolute atomic E-state index is 13.1. The van der Waals surface area contributed by atoms with Crippen molar-refractivity contribution in [1.29, 1.82) is 0 Å². The maximum atomic E-state index is 13.1. The fourth-order valence-corrected chi connectivity index (χ4v) is 4.32. The summed E-state index contributed by atoms with van der Waals surface area (Å²) in [6, 6.07) is 13.0. The van der Waals surface area contributed by atoms with Crippen molar-refractivity contribution in [1.82, 2.24) is 9.80 Å². The van der Waals surface area contributed by atoms with Gasteiger partial charge in [0.15, 0.2) is 0 Å². The lowest BCUT2D eigenvalue weighted by Gasteiger charge is -2.31. The van der Waals surface area contributed by atoms with Gasteiger partial charge in [-0.3, -0.25) is 14.5 Å². The molecule has 2 heterocycles. The average Bonchev–Trinajstić information content (AvgIpc) is 3.12. The number of likely N-dealkylation sites (tertiary alicyclic amines) is 1. The average molecular weight is 483 g/mol. The third kappa shape index (κ3) is 5.17. The molecule has 0 aromatic heterocycles. The van der Waals surface area contributed by atoms with E-state index in [0.29, 0.717) is 54.8 Å². The number of ketones is 1. The van der Waals surface area contributed by atoms with Crippen LogP contribution in [-0.4, -0.2) is 72.6 Å². The topological polar surface area (TPSA) is 79.3 Å². The van der Waals surface area contributed by atoms with Gasteiger partial charge >= 0.3 is 0 Å². The van der Waals surface area contributed by atoms with E-state index >= 15 is 0 Å². The highest BCUT2D eigenvalue weighted by molar-refractivity contribution is 6.46. The second kappa shape index (κ2) is 10.9. The number of carbonyl (C=O) groups excluding carboxylic acids is 2. The van der Waals surface area contributed by atoms with Crippen molar-refractivity contribution in [2.75, 3.05) is 46.0 Å². The number of nitrogens with zero attached hydrogens (tertiary/aromatic N) is 2. The quantitative estimate of drug-likeness (QED) is 0.268. The molecule has 0 spiro atoms. The first-order valence-corrected chi connectivity index (χ1v) is 11.6. The molecule has 0 saturated carbocycles. The Hall–Kier alpha value is -3.13. The molecule has 0 bridgehead atoms. The van der Waals surface area contributed by atoms with E-state index < -0.39 is 17.7 Å². The zero-order chi connectivity index (χ0) is 24.1. The minimum Gasteiger partial charge on any atom is -0.507 e. The summed E-state index contributed by atoms with van der Waals surface area (Å²) in [6.07, 6.45) is 1.65. The number of Topliss-reactive ketones (excluding diaryl/α,β-unsaturated/α-hetero) is 1. The van der Waals surface area contributed by atoms with Crippen molar-refractivity contribution in [3.8, 4) is 5.75 Å². The maximum Gasteiger partial charge on any atom is 0.295 e. The van der Waals surface area contributed by atoms with E-state index in [4.69, 9.17) is 21.1 Å². The van der Waals surface area contributed by atoms with Crippen LogP contribution >= 0.6 is 11.6 Å². The van der Waals surface area contributed by atoms with Crippen LogP contribution in [0.5, 0.6) is 5.75 Å². The standard InChI is InChI=1S/C26H27ClN2O5/c1-2-15-34-21-9-5-18(6-10-21)23-22(24(30)19-3-7-20(27)8-4-19)25(31)26(32)29(23)12-11-28-13-16-33-17-14-28/h2-10,23,30H,1,11-17H2/b24-22+/t23-/m0/s1. The molecule has 7 nitrogen and oxygen atoms in total. The Labute approximate surface area is 203 Å². The number of benzene rings is 2. The molecular weight excluding hydrogens is 456 g/mol. The molecule has 2 saturated heterocycles. The molecule has 0 unspecified atom stereocenters. The second-order valence-corrected chi connectivity index (χ2v) is 8.56. The number of aliphatic hydroxyl groups is 1. The van der Waals surface area contributed by atoms with E-state index in [9.17, 15) is 14.7 Å². The molecule has 2 aliphatic heterocycles. The van der Waals surface area contributed by atoms with Crippen LogP contribution in [0.15, 0.2) is 66.8 Å². The minimum absolute atomic E-state index is 0.0639. The van der Waals surface area contributed by atoms with Gasteiger partial charge in [0.05, 0.1) is 24.8 Å². The Bertz CT molecular complexity index is 1080. The number of aliphatic hydroxyl groups excluding tert-OH is 1. The van der Waals surface area contributed by atoms with Crippen LogP contribution in [0.3, 0.4) is 0 Å². The van der Waals surface area contributed by atoms with Crippen molar-refractivity contribution in [3.05, 3.63) is 82.9 Å². The normalized spacial score (nSPS) is 20.5. The third-order valence-corrected chi connectivity index (χ3v) is 6.23. The van der Waals surface area contributed by atoms with Gasteiger partial charge in [0.2, 0.25) is 0 Å². The molecule has 34 heavy (non-hydrogen) atoms. The van der Waals surface area contributed by atoms with Gasteiger partial charge in [0.1, 0.15) is 18.1 Å². The lowest BCUT2D eigenvalue weighted by molar-refractivity contribution is -0.140. The van der Waals surface area contributed by atoms with Crippen molar-refractivity contribution < 1.29 is 24.2 Å². The van der Waals surface area contributed by atoms with E-state index in [0.717, 1.165) is 13.1 Å². The van der Waals surface area contributed by atoms with Crippen LogP contribution in [0.25, 0.3) is 5.76 Å². The zero-order valence-corrected chi connectivity index (χ0v) is 19.5. The second-order valence-electron chi connectivity index (χ2n) is 8.12. The van der Waals surface area contributed by atoms with Crippen LogP contribution in [0.4, 0.5) is 0 Å². The van der Waals surface area contributed by atoms with Gasteiger partial charge in [0.25, 0.3) is 11.7 Å². The van der Waals surface area contributed by atoms with E-state index in [1.807, 2.05) is 12.1 Å². The van der Waals surface area contributed by atoms with Crippen LogP contribution < -0.4 is 4.74 Å². The molecule has 4 rings (SSSR count). The van der Waals surface area contributed by atoms with Crippen molar-refractivity contribution in [2.24, 2.45) is 0 Å². The van der Waals surface area contributed by atoms with E-state index in [1.54, 1.807) is 47.4 Å². The number of ether oxygens (including phenoxy) is 2. The van der Waals surface area contributed by atoms with Gasteiger partial charge in [-0.25, -0.2) is 0 Å². The van der Waals surface area contributed by atoms with Crippen LogP contribution in [0, 0.1) is 0 Å². The molecule has 2 aromatic carbocycles. The molecule has 1 N–H and O–H groups in total. The highest BCUT2D eigenvalue weighted by Crippen LogP contribution is 2.39. The van der Waals surface area contributed by atoms with Gasteiger partial charge in [-0.05, 0) is 42.0 Å². The van der Waals surface area contributed by atoms with E-state index in [2.05, 4.69) is 11.5 Å². The Morgan fingerprint density at radius 3 is 2.41 bits per heavy atom. The summed E-state index contributed by atoms with van der Waals surface area (Å²) in [7, 11) is 0. The van der Waals surface area contributed by atoms with Crippen LogP contribution in [-0.2, 0) is 14.3 Å². The monoisotopic (exact) mass is 482 g/mol. The number of hydrogen-bond acceptors (Lipinski definition) is 6. The van der Waals surface area contributed by atoms with Crippen molar-refractivity contribution in [2.45, 2.75) is 6.04 Å². The smallest absolute Gasteiger partial charge is 0.295 e. The lowest BCUT2D eigenvalue weighted by atomic mass is 9.95. The number of carbonyl (C=O) groups is 2. The van der Waals surface area contributed by atoms with Gasteiger partial charge in [0, 0.05) is 36.8 Å². The van der Waals surface area contributed by atoms with Crippen LogP contribution in [0.1, 0.15) is 17.2 Å². The third-order valence-electron chi connectivity index (χ3n) is 5.98. The molecule has 1 atom stereocenters. The summed E-state index contributed by atoms with van der Waals surface area (Å²) in [4.78, 5) is 30.0. The molecule has 8 heteroatoms. The van der Waals surface area contributed by atoms with Crippen molar-refractivity contribution in [3.63, 3.8) is 0 Å². The molecule has 2 aromatic rings. The lowest BCUT2D eigenvalue weighted by Crippen LogP contribution is -2.42. The molecule has 178 valence electrons. The summed E-state index contributed by atoms with van der Waals surface area (Å²) < 4.78 is 11.0. The van der Waals surface area contributed by atoms with Gasteiger partial charge in [-0.15, -0.1) is 0 Å². The highest BCUT2D eigenvalue weighted by atomic mass is 35.5. The van der Waals surface area contributed by atoms with Gasteiger partial charge in [-0.1, -0.05) is 36.4 Å². The predicted octanol–water partition coefficient (Wildman–Crippen LogP) is 3.66. The van der Waals surface area contributed by atoms with Crippen LogP contribution in [0.2, 0.25) is 5.02 Å². The summed E-state index contributed by atoms with van der Waals surface area (Å²) in [5, 5.41) is 11.6. The van der Waals surface area contributed by atoms with E-state index in [-0.39, 0.29) is 11.3 Å². The number of amides is 1. The molecule has 1 amide bonds. The highest BCUT2D eigenvalue weighted by Gasteiger charge is 2.46. The molecular formula is C26H27ClN2O5. The summed E-state index contributed by atoms with van der Waals surface area (Å²) >= 11 is 5.98. The van der Waals surface area contributed by atoms with Gasteiger partial charge in [-0.2, -0.15) is 0 Å². The molecule has 2 aliphatic rings. The molecule has 2 fully saturated rings. The number of halogens is 1. The number of morpholine rings is 1. The first kappa shape index (κ1) is 24.0. The first-order chi connectivity index (χ1) is 16.5. The summed E-state index contributed by atoms with van der Waals surface area (Å²) in [5.74, 6) is -0.903. The molecule has 0 radical (unpaired) electrons. The van der Waals surface area contributed by atoms with Gasteiger partial charge < -0.3 is 19.5 Å². The Morgan fingerprint density at radius 1 is 1.09 bits per heavy atom. The largest absolute Gasteiger partial charge is 0.507 e. The summed E-state index contributed by atoms with van der Waals surface area (Å²) in [6.45, 7) is 7.80. The Balaban J connectivity index is 1.70. The Kier molecular flexibility index (Phi) is 7.67. The SMILES string of the molecule is C=CCOc1ccc([C@H]2/C(=C(\O)c3ccc(Cl)cc3)C(=O)C(=O)N2CCN2CCOCC2)cc1. The predicted molar refractivity (Wildman–Crippen MR) is 130 cm³/mol. The Morgan fingerprint density at radius 2 is 1.76 bits per heavy atom. The minimum atomic E-state index is -0.717.